The summed E-state index contributed by atoms with van der Waals surface area (Å²) in [5, 5.41) is 0. The number of hydrogen-bond acceptors (Lipinski definition) is 8. The van der Waals surface area contributed by atoms with Gasteiger partial charge in [-0.25, -0.2) is 9.79 Å². The van der Waals surface area contributed by atoms with E-state index in [1.165, 1.54) is 11.3 Å². The van der Waals surface area contributed by atoms with Crippen molar-refractivity contribution in [3.05, 3.63) is 84.5 Å². The summed E-state index contributed by atoms with van der Waals surface area (Å²) in [6.45, 7) is 9.80. The Labute approximate surface area is 231 Å². The number of aromatic nitrogens is 1. The summed E-state index contributed by atoms with van der Waals surface area (Å²) in [7, 11) is 1.63. The van der Waals surface area contributed by atoms with Gasteiger partial charge in [0.1, 0.15) is 5.75 Å². The number of benzene rings is 2. The highest BCUT2D eigenvalue weighted by atomic mass is 32.2. The summed E-state index contributed by atoms with van der Waals surface area (Å²) in [4.78, 5) is 35.5. The van der Waals surface area contributed by atoms with Gasteiger partial charge in [-0.3, -0.25) is 9.36 Å². The monoisotopic (exact) mass is 551 g/mol. The van der Waals surface area contributed by atoms with Gasteiger partial charge in [-0.15, -0.1) is 11.8 Å². The Kier molecular flexibility index (Phi) is 8.79. The van der Waals surface area contributed by atoms with Gasteiger partial charge in [0, 0.05) is 35.3 Å². The smallest absolute Gasteiger partial charge is 0.338 e. The van der Waals surface area contributed by atoms with Gasteiger partial charge in [-0.2, -0.15) is 0 Å². The normalized spacial score (nSPS) is 15.2. The number of anilines is 1. The first-order chi connectivity index (χ1) is 18.4. The van der Waals surface area contributed by atoms with Crippen LogP contribution in [0.2, 0.25) is 0 Å². The molecule has 0 unspecified atom stereocenters. The molecule has 1 aromatic heterocycles. The molecule has 9 heteroatoms. The SMILES string of the molecule is CCOC(=O)C1=C(C)N=c2s/c(=C\c3ccc(N(CC)CC)cc3OC)c(=O)n2[C@H]1c1ccc(SC)cc1. The minimum absolute atomic E-state index is 0.211. The second-order valence-corrected chi connectivity index (χ2v) is 10.6. The second-order valence-electron chi connectivity index (χ2n) is 8.67. The van der Waals surface area contributed by atoms with Crippen molar-refractivity contribution in [3.8, 4) is 5.75 Å². The van der Waals surface area contributed by atoms with E-state index in [2.05, 4.69) is 23.7 Å². The van der Waals surface area contributed by atoms with Gasteiger partial charge in [0.05, 0.1) is 35.6 Å². The van der Waals surface area contributed by atoms with Crippen molar-refractivity contribution in [1.82, 2.24) is 4.57 Å². The molecule has 200 valence electrons. The van der Waals surface area contributed by atoms with Gasteiger partial charge in [-0.1, -0.05) is 23.5 Å². The number of methoxy groups -OCH3 is 1. The molecule has 0 amide bonds. The molecule has 2 aromatic carbocycles. The molecule has 0 aliphatic carbocycles. The Morgan fingerprint density at radius 2 is 1.87 bits per heavy atom. The number of rotatable bonds is 9. The van der Waals surface area contributed by atoms with E-state index >= 15 is 0 Å². The van der Waals surface area contributed by atoms with Crippen LogP contribution >= 0.6 is 23.1 Å². The molecule has 0 radical (unpaired) electrons. The highest BCUT2D eigenvalue weighted by Crippen LogP contribution is 2.32. The fraction of sp³-hybridized carbons (Fsp3) is 0.345. The van der Waals surface area contributed by atoms with Crippen molar-refractivity contribution in [2.45, 2.75) is 38.6 Å². The molecule has 0 fully saturated rings. The molecule has 2 heterocycles. The average Bonchev–Trinajstić information content (AvgIpc) is 3.23. The molecular weight excluding hydrogens is 518 g/mol. The molecule has 1 aliphatic rings. The standard InChI is InChI=1S/C29H33N3O4S2/c1-7-31(8-2)21-13-10-20(23(17-21)35-5)16-24-27(33)32-26(19-11-14-22(37-6)15-12-19)25(28(34)36-9-3)18(4)30-29(32)38-24/h10-17,26H,7-9H2,1-6H3/b24-16-/t26-/m0/s1. The number of esters is 1. The van der Waals surface area contributed by atoms with Gasteiger partial charge < -0.3 is 14.4 Å². The Morgan fingerprint density at radius 3 is 2.47 bits per heavy atom. The Morgan fingerprint density at radius 1 is 1.16 bits per heavy atom. The fourth-order valence-corrected chi connectivity index (χ4v) is 6.08. The lowest BCUT2D eigenvalue weighted by atomic mass is 9.96. The summed E-state index contributed by atoms with van der Waals surface area (Å²) < 4.78 is 13.2. The van der Waals surface area contributed by atoms with Crippen LogP contribution in [0, 0.1) is 0 Å². The predicted octanol–water partition coefficient (Wildman–Crippen LogP) is 4.38. The Hall–Kier alpha value is -3.30. The van der Waals surface area contributed by atoms with E-state index in [9.17, 15) is 9.59 Å². The number of thiazole rings is 1. The molecule has 0 bridgehead atoms. The van der Waals surface area contributed by atoms with Crippen LogP contribution in [-0.4, -0.2) is 43.6 Å². The molecule has 38 heavy (non-hydrogen) atoms. The lowest BCUT2D eigenvalue weighted by Crippen LogP contribution is -2.39. The third-order valence-electron chi connectivity index (χ3n) is 6.58. The van der Waals surface area contributed by atoms with Crippen molar-refractivity contribution in [2.75, 3.05) is 38.0 Å². The van der Waals surface area contributed by atoms with Gasteiger partial charge in [-0.05, 0) is 69.9 Å². The summed E-state index contributed by atoms with van der Waals surface area (Å²) in [5.74, 6) is 0.225. The number of carbonyl (C=O) groups is 1. The van der Waals surface area contributed by atoms with E-state index in [4.69, 9.17) is 9.47 Å². The van der Waals surface area contributed by atoms with Crippen molar-refractivity contribution >= 4 is 40.8 Å². The molecule has 0 saturated heterocycles. The molecule has 1 atom stereocenters. The van der Waals surface area contributed by atoms with E-state index in [-0.39, 0.29) is 12.2 Å². The Bertz CT molecular complexity index is 1530. The third-order valence-corrected chi connectivity index (χ3v) is 8.31. The van der Waals surface area contributed by atoms with Crippen molar-refractivity contribution in [2.24, 2.45) is 4.99 Å². The van der Waals surface area contributed by atoms with E-state index in [0.29, 0.717) is 26.4 Å². The zero-order valence-electron chi connectivity index (χ0n) is 22.6. The predicted molar refractivity (Wildman–Crippen MR) is 155 cm³/mol. The molecule has 0 spiro atoms. The third kappa shape index (κ3) is 5.31. The van der Waals surface area contributed by atoms with Crippen LogP contribution in [0.25, 0.3) is 6.08 Å². The summed E-state index contributed by atoms with van der Waals surface area (Å²) >= 11 is 2.94. The highest BCUT2D eigenvalue weighted by molar-refractivity contribution is 7.98. The van der Waals surface area contributed by atoms with Crippen LogP contribution in [-0.2, 0) is 9.53 Å². The van der Waals surface area contributed by atoms with Gasteiger partial charge in [0.2, 0.25) is 0 Å². The maximum Gasteiger partial charge on any atom is 0.338 e. The van der Waals surface area contributed by atoms with Crippen LogP contribution in [0.1, 0.15) is 44.9 Å². The lowest BCUT2D eigenvalue weighted by Gasteiger charge is -2.24. The number of ether oxygens (including phenoxy) is 2. The van der Waals surface area contributed by atoms with E-state index in [0.717, 1.165) is 34.8 Å². The number of fused-ring (bicyclic) bond motifs is 1. The van der Waals surface area contributed by atoms with Crippen LogP contribution in [0.4, 0.5) is 5.69 Å². The number of hydrogen-bond donors (Lipinski definition) is 0. The minimum Gasteiger partial charge on any atom is -0.496 e. The summed E-state index contributed by atoms with van der Waals surface area (Å²) in [5.41, 5.74) is 3.41. The van der Waals surface area contributed by atoms with Crippen LogP contribution < -0.4 is 24.5 Å². The van der Waals surface area contributed by atoms with E-state index < -0.39 is 12.0 Å². The van der Waals surface area contributed by atoms with Crippen LogP contribution in [0.3, 0.4) is 0 Å². The van der Waals surface area contributed by atoms with Crippen molar-refractivity contribution in [3.63, 3.8) is 0 Å². The van der Waals surface area contributed by atoms with Gasteiger partial charge in [0.15, 0.2) is 4.80 Å². The first kappa shape index (κ1) is 27.7. The Balaban J connectivity index is 1.89. The van der Waals surface area contributed by atoms with Gasteiger partial charge >= 0.3 is 5.97 Å². The highest BCUT2D eigenvalue weighted by Gasteiger charge is 2.33. The fourth-order valence-electron chi connectivity index (χ4n) is 4.64. The van der Waals surface area contributed by atoms with Crippen molar-refractivity contribution in [1.29, 1.82) is 0 Å². The molecule has 4 rings (SSSR count). The number of thioether (sulfide) groups is 1. The second kappa shape index (κ2) is 12.0. The summed E-state index contributed by atoms with van der Waals surface area (Å²) in [6.07, 6.45) is 3.85. The quantitative estimate of drug-likeness (QED) is 0.290. The topological polar surface area (TPSA) is 73.1 Å². The van der Waals surface area contributed by atoms with E-state index in [1.807, 2.05) is 54.8 Å². The molecule has 1 aliphatic heterocycles. The zero-order chi connectivity index (χ0) is 27.4. The maximum absolute atomic E-state index is 13.9. The first-order valence-corrected chi connectivity index (χ1v) is 14.7. The first-order valence-electron chi connectivity index (χ1n) is 12.6. The maximum atomic E-state index is 13.9. The van der Waals surface area contributed by atoms with E-state index in [1.54, 1.807) is 37.3 Å². The molecule has 3 aromatic rings. The molecular formula is C29H33N3O4S2. The molecule has 0 saturated carbocycles. The summed E-state index contributed by atoms with van der Waals surface area (Å²) in [6, 6.07) is 13.3. The average molecular weight is 552 g/mol. The molecule has 0 N–H and O–H groups in total. The lowest BCUT2D eigenvalue weighted by molar-refractivity contribution is -0.139. The minimum atomic E-state index is -0.629. The number of nitrogens with zero attached hydrogens (tertiary/aromatic N) is 3. The van der Waals surface area contributed by atoms with Crippen LogP contribution in [0.5, 0.6) is 5.75 Å². The van der Waals surface area contributed by atoms with Crippen molar-refractivity contribution < 1.29 is 14.3 Å². The van der Waals surface area contributed by atoms with Gasteiger partial charge in [0.25, 0.3) is 5.56 Å². The largest absolute Gasteiger partial charge is 0.496 e. The number of allylic oxidation sites excluding steroid dienone is 1. The van der Waals surface area contributed by atoms with Crippen LogP contribution in [0.15, 0.2) is 68.4 Å². The number of carbonyl (C=O) groups excluding carboxylic acids is 1. The molecule has 7 nitrogen and oxygen atoms in total. The zero-order valence-corrected chi connectivity index (χ0v) is 24.2.